The van der Waals surface area contributed by atoms with Crippen molar-refractivity contribution in [2.45, 2.75) is 6.42 Å². The molecule has 8 nitrogen and oxygen atoms in total. The van der Waals surface area contributed by atoms with E-state index < -0.39 is 0 Å². The van der Waals surface area contributed by atoms with Crippen LogP contribution >= 0.6 is 0 Å². The van der Waals surface area contributed by atoms with Crippen molar-refractivity contribution < 1.29 is 18.7 Å². The monoisotopic (exact) mass is 360 g/mol. The molecule has 0 spiro atoms. The van der Waals surface area contributed by atoms with Crippen LogP contribution in [0.15, 0.2) is 46.0 Å². The van der Waals surface area contributed by atoms with Crippen molar-refractivity contribution in [3.8, 4) is 11.5 Å². The largest absolute Gasteiger partial charge is 0.493 e. The summed E-state index contributed by atoms with van der Waals surface area (Å²) in [5.41, 5.74) is 6.89. The molecule has 0 saturated heterocycles. The van der Waals surface area contributed by atoms with Gasteiger partial charge in [-0.2, -0.15) is 0 Å². The Balaban J connectivity index is 1.69. The Morgan fingerprint density at radius 3 is 2.62 bits per heavy atom. The zero-order valence-corrected chi connectivity index (χ0v) is 15.0. The lowest BCUT2D eigenvalue weighted by atomic mass is 10.1. The number of nitrogens with two attached hydrogens (primary N) is 1. The normalized spacial score (nSPS) is 11.1. The number of hydrogen-bond donors (Lipinski definition) is 3. The van der Waals surface area contributed by atoms with Gasteiger partial charge in [0.1, 0.15) is 0 Å². The average Bonchev–Trinajstić information content (AvgIpc) is 3.19. The van der Waals surface area contributed by atoms with E-state index in [0.29, 0.717) is 37.1 Å². The maximum Gasteiger partial charge on any atom is 0.287 e. The molecule has 1 amide bonds. The number of amides is 1. The van der Waals surface area contributed by atoms with Gasteiger partial charge in [0.25, 0.3) is 5.91 Å². The standard InChI is InChI=1S/C18H24N4O4/c1-24-14-6-5-13(12-16(14)25-2)7-8-21-18(19)22-10-9-20-17(23)15-4-3-11-26-15/h3-6,11-12H,7-10H2,1-2H3,(H,20,23)(H3,19,21,22). The van der Waals surface area contributed by atoms with Crippen molar-refractivity contribution in [1.82, 2.24) is 10.6 Å². The molecular formula is C18H24N4O4. The zero-order valence-electron chi connectivity index (χ0n) is 15.0. The topological polar surface area (TPSA) is 111 Å². The summed E-state index contributed by atoms with van der Waals surface area (Å²) >= 11 is 0. The summed E-state index contributed by atoms with van der Waals surface area (Å²) in [6.07, 6.45) is 2.17. The zero-order chi connectivity index (χ0) is 18.8. The van der Waals surface area contributed by atoms with Gasteiger partial charge >= 0.3 is 0 Å². The van der Waals surface area contributed by atoms with Crippen LogP contribution in [0.1, 0.15) is 16.1 Å². The Morgan fingerprint density at radius 2 is 1.92 bits per heavy atom. The first-order valence-electron chi connectivity index (χ1n) is 8.20. The summed E-state index contributed by atoms with van der Waals surface area (Å²) < 4.78 is 15.5. The molecule has 140 valence electrons. The van der Waals surface area contributed by atoms with Crippen LogP contribution in [0, 0.1) is 0 Å². The van der Waals surface area contributed by atoms with Crippen LogP contribution < -0.4 is 25.8 Å². The second kappa shape index (κ2) is 9.97. The Hall–Kier alpha value is -3.16. The molecule has 0 aliphatic carbocycles. The smallest absolute Gasteiger partial charge is 0.287 e. The molecule has 0 radical (unpaired) electrons. The van der Waals surface area contributed by atoms with Crippen LogP contribution in [0.3, 0.4) is 0 Å². The number of benzene rings is 1. The van der Waals surface area contributed by atoms with Crippen LogP contribution in [0.4, 0.5) is 0 Å². The number of hydrogen-bond acceptors (Lipinski definition) is 5. The molecular weight excluding hydrogens is 336 g/mol. The molecule has 0 atom stereocenters. The van der Waals surface area contributed by atoms with E-state index in [9.17, 15) is 4.79 Å². The van der Waals surface area contributed by atoms with Gasteiger partial charge in [0.05, 0.1) is 20.5 Å². The molecule has 0 unspecified atom stereocenters. The lowest BCUT2D eigenvalue weighted by Gasteiger charge is -2.09. The van der Waals surface area contributed by atoms with Crippen molar-refractivity contribution in [3.05, 3.63) is 47.9 Å². The van der Waals surface area contributed by atoms with Gasteiger partial charge in [-0.05, 0) is 36.2 Å². The number of carbonyl (C=O) groups is 1. The first-order chi connectivity index (χ1) is 12.6. The lowest BCUT2D eigenvalue weighted by Crippen LogP contribution is -2.38. The van der Waals surface area contributed by atoms with E-state index in [4.69, 9.17) is 19.6 Å². The Kier molecular flexibility index (Phi) is 7.35. The van der Waals surface area contributed by atoms with E-state index in [0.717, 1.165) is 12.0 Å². The van der Waals surface area contributed by atoms with Gasteiger partial charge in [-0.15, -0.1) is 0 Å². The van der Waals surface area contributed by atoms with Crippen molar-refractivity contribution in [2.75, 3.05) is 33.9 Å². The molecule has 2 rings (SSSR count). The van der Waals surface area contributed by atoms with E-state index in [1.54, 1.807) is 26.4 Å². The molecule has 1 aromatic heterocycles. The molecule has 8 heteroatoms. The number of aliphatic imine (C=N–C) groups is 1. The summed E-state index contributed by atoms with van der Waals surface area (Å²) in [6.45, 7) is 1.41. The highest BCUT2D eigenvalue weighted by Gasteiger charge is 2.07. The maximum atomic E-state index is 11.7. The van der Waals surface area contributed by atoms with E-state index >= 15 is 0 Å². The van der Waals surface area contributed by atoms with Gasteiger partial charge in [0.15, 0.2) is 23.2 Å². The van der Waals surface area contributed by atoms with Crippen molar-refractivity contribution in [1.29, 1.82) is 0 Å². The fourth-order valence-corrected chi connectivity index (χ4v) is 2.26. The maximum absolute atomic E-state index is 11.7. The Morgan fingerprint density at radius 1 is 1.15 bits per heavy atom. The summed E-state index contributed by atoms with van der Waals surface area (Å²) in [5, 5.41) is 5.66. The quantitative estimate of drug-likeness (QED) is 0.352. The second-order valence-electron chi connectivity index (χ2n) is 5.37. The highest BCUT2D eigenvalue weighted by atomic mass is 16.5. The molecule has 2 aromatic rings. The average molecular weight is 360 g/mol. The number of ether oxygens (including phenoxy) is 2. The van der Waals surface area contributed by atoms with Crippen LogP contribution in [0.25, 0.3) is 0 Å². The third-order valence-corrected chi connectivity index (χ3v) is 3.59. The minimum atomic E-state index is -0.263. The Bertz CT molecular complexity index is 729. The van der Waals surface area contributed by atoms with E-state index in [-0.39, 0.29) is 11.7 Å². The molecule has 0 fully saturated rings. The third kappa shape index (κ3) is 5.73. The molecule has 1 heterocycles. The van der Waals surface area contributed by atoms with Gasteiger partial charge in [0.2, 0.25) is 0 Å². The number of rotatable bonds is 9. The molecule has 1 aromatic carbocycles. The van der Waals surface area contributed by atoms with Crippen molar-refractivity contribution in [2.24, 2.45) is 10.7 Å². The molecule has 26 heavy (non-hydrogen) atoms. The van der Waals surface area contributed by atoms with Crippen LogP contribution in [-0.2, 0) is 6.42 Å². The third-order valence-electron chi connectivity index (χ3n) is 3.59. The van der Waals surface area contributed by atoms with Crippen molar-refractivity contribution >= 4 is 11.9 Å². The van der Waals surface area contributed by atoms with Crippen LogP contribution in [-0.4, -0.2) is 45.7 Å². The number of nitrogens with one attached hydrogen (secondary N) is 2. The second-order valence-corrected chi connectivity index (χ2v) is 5.37. The number of nitrogens with zero attached hydrogens (tertiary/aromatic N) is 1. The van der Waals surface area contributed by atoms with E-state index in [1.807, 2.05) is 18.2 Å². The van der Waals surface area contributed by atoms with Crippen LogP contribution in [0.2, 0.25) is 0 Å². The highest BCUT2D eigenvalue weighted by Crippen LogP contribution is 2.27. The number of methoxy groups -OCH3 is 2. The van der Waals surface area contributed by atoms with Crippen molar-refractivity contribution in [3.63, 3.8) is 0 Å². The van der Waals surface area contributed by atoms with Gasteiger partial charge in [-0.25, -0.2) is 0 Å². The molecule has 4 N–H and O–H groups in total. The first-order valence-corrected chi connectivity index (χ1v) is 8.20. The number of carbonyl (C=O) groups excluding carboxylic acids is 1. The first kappa shape index (κ1) is 19.2. The van der Waals surface area contributed by atoms with Gasteiger partial charge in [-0.3, -0.25) is 9.79 Å². The Labute approximate surface area is 152 Å². The van der Waals surface area contributed by atoms with Gasteiger partial charge in [-0.1, -0.05) is 6.07 Å². The number of guanidine groups is 1. The molecule has 0 aliphatic rings. The van der Waals surface area contributed by atoms with Gasteiger partial charge in [0, 0.05) is 19.6 Å². The molecule has 0 saturated carbocycles. The SMILES string of the molecule is COc1ccc(CCN=C(N)NCCNC(=O)c2ccco2)cc1OC. The molecule has 0 aliphatic heterocycles. The summed E-state index contributed by atoms with van der Waals surface area (Å²) in [7, 11) is 3.21. The van der Waals surface area contributed by atoms with E-state index in [1.165, 1.54) is 6.26 Å². The fourth-order valence-electron chi connectivity index (χ4n) is 2.26. The molecule has 0 bridgehead atoms. The predicted molar refractivity (Wildman–Crippen MR) is 98.8 cm³/mol. The number of furan rings is 1. The van der Waals surface area contributed by atoms with E-state index in [2.05, 4.69) is 15.6 Å². The summed E-state index contributed by atoms with van der Waals surface area (Å²) in [5.74, 6) is 1.73. The van der Waals surface area contributed by atoms with Crippen LogP contribution in [0.5, 0.6) is 11.5 Å². The summed E-state index contributed by atoms with van der Waals surface area (Å²) in [6, 6.07) is 9.01. The highest BCUT2D eigenvalue weighted by molar-refractivity contribution is 5.91. The lowest BCUT2D eigenvalue weighted by molar-refractivity contribution is 0.0926. The predicted octanol–water partition coefficient (Wildman–Crippen LogP) is 1.17. The minimum absolute atomic E-state index is 0.263. The van der Waals surface area contributed by atoms with Gasteiger partial charge < -0.3 is 30.3 Å². The fraction of sp³-hybridized carbons (Fsp3) is 0.333. The minimum Gasteiger partial charge on any atom is -0.493 e. The summed E-state index contributed by atoms with van der Waals surface area (Å²) in [4.78, 5) is 15.9.